The number of hydrogen-bond acceptors (Lipinski definition) is 3. The number of hydrogen-bond donors (Lipinski definition) is 1. The van der Waals surface area contributed by atoms with Gasteiger partial charge in [-0.25, -0.2) is 0 Å². The molecule has 5 nitrogen and oxygen atoms in total. The van der Waals surface area contributed by atoms with Gasteiger partial charge in [0.1, 0.15) is 5.75 Å². The van der Waals surface area contributed by atoms with Crippen LogP contribution < -0.4 is 9.46 Å². The van der Waals surface area contributed by atoms with Crippen LogP contribution in [-0.4, -0.2) is 32.9 Å². The van der Waals surface area contributed by atoms with Gasteiger partial charge in [-0.15, -0.1) is 0 Å². The normalized spacial score (nSPS) is 20.8. The van der Waals surface area contributed by atoms with Gasteiger partial charge < -0.3 is 4.74 Å². The number of ether oxygens (including phenoxy) is 1. The average molecular weight is 298 g/mol. The van der Waals surface area contributed by atoms with Crippen molar-refractivity contribution in [3.63, 3.8) is 0 Å². The van der Waals surface area contributed by atoms with Crippen molar-refractivity contribution in [3.8, 4) is 5.75 Å². The molecule has 1 atom stereocenters. The Morgan fingerprint density at radius 1 is 1.40 bits per heavy atom. The molecule has 0 aromatic heterocycles. The van der Waals surface area contributed by atoms with Gasteiger partial charge in [-0.2, -0.15) is 17.4 Å². The number of nitrogens with zero attached hydrogens (tertiary/aromatic N) is 1. The minimum absolute atomic E-state index is 0.247. The molecule has 0 spiro atoms. The molecule has 0 radical (unpaired) electrons. The highest BCUT2D eigenvalue weighted by Crippen LogP contribution is 2.20. The molecule has 20 heavy (non-hydrogen) atoms. The Morgan fingerprint density at radius 3 is 2.85 bits per heavy atom. The number of methoxy groups -OCH3 is 1. The molecule has 0 aliphatic carbocycles. The van der Waals surface area contributed by atoms with Crippen molar-refractivity contribution in [2.75, 3.05) is 20.2 Å². The number of rotatable bonds is 5. The van der Waals surface area contributed by atoms with Gasteiger partial charge in [-0.3, -0.25) is 0 Å². The fourth-order valence-corrected chi connectivity index (χ4v) is 3.81. The summed E-state index contributed by atoms with van der Waals surface area (Å²) in [6, 6.07) is 7.42. The zero-order chi connectivity index (χ0) is 14.6. The molecule has 0 unspecified atom stereocenters. The number of para-hydroxylation sites is 1. The maximum absolute atomic E-state index is 12.3. The summed E-state index contributed by atoms with van der Waals surface area (Å²) in [5.74, 6) is 1.12. The lowest BCUT2D eigenvalue weighted by Crippen LogP contribution is -2.45. The van der Waals surface area contributed by atoms with Gasteiger partial charge in [-0.1, -0.05) is 25.1 Å². The molecule has 112 valence electrons. The molecular weight excluding hydrogens is 276 g/mol. The van der Waals surface area contributed by atoms with Gasteiger partial charge in [-0.05, 0) is 24.8 Å². The Labute approximate surface area is 121 Å². The standard InChI is InChI=1S/C14H22N2O3S/c1-12-6-5-9-16(11-12)20(17,18)15-10-13-7-3-4-8-14(13)19-2/h3-4,7-8,12,15H,5-6,9-11H2,1-2H3/t12-/m1/s1. The Bertz CT molecular complexity index is 545. The fourth-order valence-electron chi connectivity index (χ4n) is 2.47. The van der Waals surface area contributed by atoms with Crippen LogP contribution >= 0.6 is 0 Å². The molecule has 1 aliphatic rings. The highest BCUT2D eigenvalue weighted by molar-refractivity contribution is 7.87. The second-order valence-electron chi connectivity index (χ2n) is 5.24. The Kier molecular flexibility index (Phi) is 5.01. The molecule has 1 fully saturated rings. The number of benzene rings is 1. The predicted octanol–water partition coefficient (Wildman–Crippen LogP) is 1.76. The topological polar surface area (TPSA) is 58.6 Å². The van der Waals surface area contributed by atoms with Crippen LogP contribution in [0, 0.1) is 5.92 Å². The molecule has 1 heterocycles. The Hall–Kier alpha value is -1.11. The minimum atomic E-state index is -3.41. The van der Waals surface area contributed by atoms with Crippen LogP contribution in [0.25, 0.3) is 0 Å². The third-order valence-corrected chi connectivity index (χ3v) is 5.12. The third-order valence-electron chi connectivity index (χ3n) is 3.60. The summed E-state index contributed by atoms with van der Waals surface area (Å²) >= 11 is 0. The van der Waals surface area contributed by atoms with E-state index in [1.165, 1.54) is 4.31 Å². The summed E-state index contributed by atoms with van der Waals surface area (Å²) in [6.45, 7) is 3.53. The van der Waals surface area contributed by atoms with Crippen molar-refractivity contribution in [3.05, 3.63) is 29.8 Å². The van der Waals surface area contributed by atoms with Crippen LogP contribution in [0.3, 0.4) is 0 Å². The van der Waals surface area contributed by atoms with Crippen LogP contribution in [0.2, 0.25) is 0 Å². The van der Waals surface area contributed by atoms with Gasteiger partial charge in [0.15, 0.2) is 0 Å². The van der Waals surface area contributed by atoms with Crippen molar-refractivity contribution in [1.82, 2.24) is 9.03 Å². The summed E-state index contributed by atoms with van der Waals surface area (Å²) in [5, 5.41) is 0. The molecule has 1 aromatic carbocycles. The van der Waals surface area contributed by atoms with E-state index in [-0.39, 0.29) is 6.54 Å². The lowest BCUT2D eigenvalue weighted by atomic mass is 10.0. The number of piperidine rings is 1. The predicted molar refractivity (Wildman–Crippen MR) is 78.7 cm³/mol. The quantitative estimate of drug-likeness (QED) is 0.901. The molecule has 2 rings (SSSR count). The lowest BCUT2D eigenvalue weighted by Gasteiger charge is -2.30. The zero-order valence-electron chi connectivity index (χ0n) is 12.0. The SMILES string of the molecule is COc1ccccc1CNS(=O)(=O)N1CCC[C@@H](C)C1. The first-order chi connectivity index (χ1) is 9.53. The second kappa shape index (κ2) is 6.56. The Balaban J connectivity index is 2.02. The van der Waals surface area contributed by atoms with E-state index in [2.05, 4.69) is 11.6 Å². The molecule has 0 saturated carbocycles. The van der Waals surface area contributed by atoms with E-state index in [4.69, 9.17) is 4.74 Å². The maximum Gasteiger partial charge on any atom is 0.279 e. The molecular formula is C14H22N2O3S. The minimum Gasteiger partial charge on any atom is -0.496 e. The van der Waals surface area contributed by atoms with E-state index < -0.39 is 10.2 Å². The average Bonchev–Trinajstić information content (AvgIpc) is 2.45. The third kappa shape index (κ3) is 3.71. The highest BCUT2D eigenvalue weighted by atomic mass is 32.2. The molecule has 6 heteroatoms. The molecule has 1 saturated heterocycles. The number of nitrogens with one attached hydrogen (secondary N) is 1. The maximum atomic E-state index is 12.3. The van der Waals surface area contributed by atoms with E-state index >= 15 is 0 Å². The fraction of sp³-hybridized carbons (Fsp3) is 0.571. The van der Waals surface area contributed by atoms with Crippen LogP contribution in [0.4, 0.5) is 0 Å². The first-order valence-electron chi connectivity index (χ1n) is 6.89. The summed E-state index contributed by atoms with van der Waals surface area (Å²) in [6.07, 6.45) is 2.02. The van der Waals surface area contributed by atoms with Gasteiger partial charge in [0.25, 0.3) is 10.2 Å². The monoisotopic (exact) mass is 298 g/mol. The van der Waals surface area contributed by atoms with Crippen molar-refractivity contribution in [2.45, 2.75) is 26.3 Å². The van der Waals surface area contributed by atoms with Crippen LogP contribution in [-0.2, 0) is 16.8 Å². The van der Waals surface area contributed by atoms with E-state index in [0.29, 0.717) is 24.8 Å². The van der Waals surface area contributed by atoms with Crippen molar-refractivity contribution in [2.24, 2.45) is 5.92 Å². The molecule has 1 N–H and O–H groups in total. The van der Waals surface area contributed by atoms with Crippen LogP contribution in [0.5, 0.6) is 5.75 Å². The smallest absolute Gasteiger partial charge is 0.279 e. The van der Waals surface area contributed by atoms with Crippen molar-refractivity contribution in [1.29, 1.82) is 0 Å². The molecule has 1 aliphatic heterocycles. The first-order valence-corrected chi connectivity index (χ1v) is 8.33. The van der Waals surface area contributed by atoms with Gasteiger partial charge >= 0.3 is 0 Å². The lowest BCUT2D eigenvalue weighted by molar-refractivity contribution is 0.278. The van der Waals surface area contributed by atoms with E-state index in [1.807, 2.05) is 24.3 Å². The largest absolute Gasteiger partial charge is 0.496 e. The van der Waals surface area contributed by atoms with Crippen LogP contribution in [0.1, 0.15) is 25.3 Å². The summed E-state index contributed by atoms with van der Waals surface area (Å²) in [4.78, 5) is 0. The second-order valence-corrected chi connectivity index (χ2v) is 7.00. The van der Waals surface area contributed by atoms with E-state index in [1.54, 1.807) is 7.11 Å². The summed E-state index contributed by atoms with van der Waals surface area (Å²) in [7, 11) is -1.83. The first kappa shape index (κ1) is 15.3. The van der Waals surface area contributed by atoms with Gasteiger partial charge in [0.2, 0.25) is 0 Å². The summed E-state index contributed by atoms with van der Waals surface area (Å²) in [5.41, 5.74) is 0.837. The van der Waals surface area contributed by atoms with Crippen molar-refractivity contribution < 1.29 is 13.2 Å². The molecule has 0 amide bonds. The van der Waals surface area contributed by atoms with Gasteiger partial charge in [0, 0.05) is 25.2 Å². The van der Waals surface area contributed by atoms with E-state index in [0.717, 1.165) is 18.4 Å². The molecule has 0 bridgehead atoms. The highest BCUT2D eigenvalue weighted by Gasteiger charge is 2.26. The van der Waals surface area contributed by atoms with E-state index in [9.17, 15) is 8.42 Å². The zero-order valence-corrected chi connectivity index (χ0v) is 12.8. The Morgan fingerprint density at radius 2 is 2.15 bits per heavy atom. The van der Waals surface area contributed by atoms with Crippen molar-refractivity contribution >= 4 is 10.2 Å². The van der Waals surface area contributed by atoms with Crippen LogP contribution in [0.15, 0.2) is 24.3 Å². The summed E-state index contributed by atoms with van der Waals surface area (Å²) < 4.78 is 34.0. The molecule has 1 aromatic rings. The van der Waals surface area contributed by atoms with Gasteiger partial charge in [0.05, 0.1) is 7.11 Å².